The van der Waals surface area contributed by atoms with Crippen LogP contribution in [0.3, 0.4) is 0 Å². The Morgan fingerprint density at radius 3 is 2.72 bits per heavy atom. The minimum atomic E-state index is -0.181. The summed E-state index contributed by atoms with van der Waals surface area (Å²) >= 11 is 0. The summed E-state index contributed by atoms with van der Waals surface area (Å²) in [7, 11) is 3.87. The van der Waals surface area contributed by atoms with Crippen molar-refractivity contribution in [3.8, 4) is 11.5 Å². The van der Waals surface area contributed by atoms with Crippen molar-refractivity contribution in [1.82, 2.24) is 19.9 Å². The molecule has 0 spiro atoms. The third kappa shape index (κ3) is 3.99. The van der Waals surface area contributed by atoms with E-state index in [1.807, 2.05) is 19.0 Å². The first-order valence-corrected chi connectivity index (χ1v) is 7.62. The van der Waals surface area contributed by atoms with Crippen LogP contribution in [0.1, 0.15) is 0 Å². The molecule has 0 aliphatic carbocycles. The van der Waals surface area contributed by atoms with Crippen LogP contribution < -0.4 is 11.1 Å². The lowest BCUT2D eigenvalue weighted by molar-refractivity contribution is -0.111. The molecule has 25 heavy (non-hydrogen) atoms. The SMILES string of the molecule is CN(C)C/C=C/C(=O)Nc1ccc(-c2nc3c(N)ncnc3o2)cc1. The van der Waals surface area contributed by atoms with Gasteiger partial charge in [-0.1, -0.05) is 6.08 Å². The third-order valence-electron chi connectivity index (χ3n) is 3.36. The average Bonchev–Trinajstić information content (AvgIpc) is 3.01. The van der Waals surface area contributed by atoms with Gasteiger partial charge in [-0.3, -0.25) is 4.79 Å². The van der Waals surface area contributed by atoms with E-state index in [-0.39, 0.29) is 11.7 Å². The summed E-state index contributed by atoms with van der Waals surface area (Å²) in [6, 6.07) is 7.15. The smallest absolute Gasteiger partial charge is 0.252 e. The van der Waals surface area contributed by atoms with Crippen molar-refractivity contribution in [2.45, 2.75) is 0 Å². The number of rotatable bonds is 5. The second-order valence-corrected chi connectivity index (χ2v) is 5.66. The number of carbonyl (C=O) groups is 1. The van der Waals surface area contributed by atoms with Crippen molar-refractivity contribution in [3.63, 3.8) is 0 Å². The highest BCUT2D eigenvalue weighted by Gasteiger charge is 2.12. The van der Waals surface area contributed by atoms with E-state index < -0.39 is 0 Å². The van der Waals surface area contributed by atoms with Crippen LogP contribution in [0.15, 0.2) is 47.2 Å². The summed E-state index contributed by atoms with van der Waals surface area (Å²) in [5, 5.41) is 2.79. The van der Waals surface area contributed by atoms with Crippen LogP contribution in [-0.4, -0.2) is 46.4 Å². The topological polar surface area (TPSA) is 110 Å². The molecule has 0 atom stereocenters. The first-order chi connectivity index (χ1) is 12.0. The van der Waals surface area contributed by atoms with Crippen LogP contribution in [0.25, 0.3) is 22.7 Å². The minimum Gasteiger partial charge on any atom is -0.417 e. The van der Waals surface area contributed by atoms with E-state index in [1.165, 1.54) is 12.4 Å². The number of carbonyl (C=O) groups excluding carboxylic acids is 1. The molecule has 0 saturated heterocycles. The Morgan fingerprint density at radius 2 is 2.04 bits per heavy atom. The predicted molar refractivity (Wildman–Crippen MR) is 95.8 cm³/mol. The van der Waals surface area contributed by atoms with E-state index in [1.54, 1.807) is 30.3 Å². The molecule has 3 rings (SSSR count). The Hall–Kier alpha value is -3.26. The molecule has 128 valence electrons. The van der Waals surface area contributed by atoms with Crippen LogP contribution in [0, 0.1) is 0 Å². The first kappa shape index (κ1) is 16.6. The van der Waals surface area contributed by atoms with E-state index in [4.69, 9.17) is 10.2 Å². The van der Waals surface area contributed by atoms with Crippen LogP contribution >= 0.6 is 0 Å². The maximum Gasteiger partial charge on any atom is 0.252 e. The number of fused-ring (bicyclic) bond motifs is 1. The van der Waals surface area contributed by atoms with Crippen molar-refractivity contribution in [3.05, 3.63) is 42.7 Å². The molecule has 1 amide bonds. The molecule has 0 bridgehead atoms. The molecule has 0 radical (unpaired) electrons. The molecule has 8 nitrogen and oxygen atoms in total. The normalized spacial score (nSPS) is 11.5. The van der Waals surface area contributed by atoms with Gasteiger partial charge >= 0.3 is 0 Å². The Labute approximate surface area is 144 Å². The number of nitrogens with one attached hydrogen (secondary N) is 1. The molecular formula is C17H18N6O2. The van der Waals surface area contributed by atoms with Crippen LogP contribution in [-0.2, 0) is 4.79 Å². The van der Waals surface area contributed by atoms with E-state index in [9.17, 15) is 4.79 Å². The standard InChI is InChI=1S/C17H18N6O2/c1-23(2)9-3-4-13(24)21-12-7-5-11(6-8-12)16-22-14-15(18)19-10-20-17(14)25-16/h3-8,10H,9H2,1-2H3,(H,21,24)(H2,18,19,20)/b4-3+. The molecule has 3 N–H and O–H groups in total. The molecule has 8 heteroatoms. The zero-order valence-corrected chi connectivity index (χ0v) is 13.9. The molecule has 2 heterocycles. The van der Waals surface area contributed by atoms with Gasteiger partial charge in [0.15, 0.2) is 11.3 Å². The van der Waals surface area contributed by atoms with Crippen molar-refractivity contribution in [2.75, 3.05) is 31.7 Å². The number of likely N-dealkylation sites (N-methyl/N-ethyl adjacent to an activating group) is 1. The summed E-state index contributed by atoms with van der Waals surface area (Å²) in [5.74, 6) is 0.485. The van der Waals surface area contributed by atoms with Crippen LogP contribution in [0.2, 0.25) is 0 Å². The lowest BCUT2D eigenvalue weighted by atomic mass is 10.2. The molecule has 0 aliphatic heterocycles. The molecule has 1 aromatic carbocycles. The van der Waals surface area contributed by atoms with E-state index in [0.717, 1.165) is 5.56 Å². The number of oxazole rings is 1. The summed E-state index contributed by atoms with van der Waals surface area (Å²) in [4.78, 5) is 26.0. The molecule has 0 saturated carbocycles. The van der Waals surface area contributed by atoms with Gasteiger partial charge < -0.3 is 20.4 Å². The Kier molecular flexibility index (Phi) is 4.71. The second kappa shape index (κ2) is 7.10. The Morgan fingerprint density at radius 1 is 1.28 bits per heavy atom. The second-order valence-electron chi connectivity index (χ2n) is 5.66. The molecule has 0 unspecified atom stereocenters. The van der Waals surface area contributed by atoms with Gasteiger partial charge in [0, 0.05) is 23.9 Å². The molecule has 3 aromatic rings. The van der Waals surface area contributed by atoms with E-state index >= 15 is 0 Å². The third-order valence-corrected chi connectivity index (χ3v) is 3.36. The van der Waals surface area contributed by atoms with Crippen molar-refractivity contribution < 1.29 is 9.21 Å². The molecule has 0 aliphatic rings. The number of anilines is 2. The number of benzene rings is 1. The number of aromatic nitrogens is 3. The largest absolute Gasteiger partial charge is 0.417 e. The van der Waals surface area contributed by atoms with Crippen molar-refractivity contribution >= 4 is 28.6 Å². The van der Waals surface area contributed by atoms with Crippen LogP contribution in [0.4, 0.5) is 11.5 Å². The van der Waals surface area contributed by atoms with Gasteiger partial charge in [-0.05, 0) is 38.4 Å². The number of amides is 1. The maximum atomic E-state index is 11.8. The van der Waals surface area contributed by atoms with Gasteiger partial charge in [0.05, 0.1) is 0 Å². The van der Waals surface area contributed by atoms with Gasteiger partial charge in [-0.2, -0.15) is 4.98 Å². The predicted octanol–water partition coefficient (Wildman–Crippen LogP) is 1.92. The summed E-state index contributed by atoms with van der Waals surface area (Å²) < 4.78 is 5.59. The lowest BCUT2D eigenvalue weighted by Gasteiger charge is -2.05. The van der Waals surface area contributed by atoms with Gasteiger partial charge in [0.25, 0.3) is 5.71 Å². The number of nitrogens with two attached hydrogens (primary N) is 1. The van der Waals surface area contributed by atoms with E-state index in [2.05, 4.69) is 20.3 Å². The monoisotopic (exact) mass is 338 g/mol. The molecular weight excluding hydrogens is 320 g/mol. The van der Waals surface area contributed by atoms with Gasteiger partial charge in [-0.15, -0.1) is 0 Å². The summed E-state index contributed by atoms with van der Waals surface area (Å²) in [6.45, 7) is 0.704. The Balaban J connectivity index is 1.72. The van der Waals surface area contributed by atoms with Crippen molar-refractivity contribution in [1.29, 1.82) is 0 Å². The fourth-order valence-electron chi connectivity index (χ4n) is 2.15. The average molecular weight is 338 g/mol. The Bertz CT molecular complexity index is 915. The minimum absolute atomic E-state index is 0.181. The lowest BCUT2D eigenvalue weighted by Crippen LogP contribution is -2.12. The highest BCUT2D eigenvalue weighted by Crippen LogP contribution is 2.25. The summed E-state index contributed by atoms with van der Waals surface area (Å²) in [6.07, 6.45) is 4.64. The van der Waals surface area contributed by atoms with Crippen molar-refractivity contribution in [2.24, 2.45) is 0 Å². The first-order valence-electron chi connectivity index (χ1n) is 7.62. The molecule has 2 aromatic heterocycles. The van der Waals surface area contributed by atoms with Crippen LogP contribution in [0.5, 0.6) is 0 Å². The van der Waals surface area contributed by atoms with Gasteiger partial charge in [0.1, 0.15) is 6.33 Å². The number of hydrogen-bond donors (Lipinski definition) is 2. The fourth-order valence-corrected chi connectivity index (χ4v) is 2.15. The zero-order chi connectivity index (χ0) is 17.8. The zero-order valence-electron chi connectivity index (χ0n) is 13.9. The van der Waals surface area contributed by atoms with E-state index in [0.29, 0.717) is 29.4 Å². The number of nitrogens with zero attached hydrogens (tertiary/aromatic N) is 4. The van der Waals surface area contributed by atoms with Gasteiger partial charge in [0.2, 0.25) is 11.8 Å². The highest BCUT2D eigenvalue weighted by molar-refractivity contribution is 5.99. The van der Waals surface area contributed by atoms with Gasteiger partial charge in [-0.25, -0.2) is 9.97 Å². The fraction of sp³-hybridized carbons (Fsp3) is 0.176. The maximum absolute atomic E-state index is 11.8. The number of nitrogen functional groups attached to an aromatic ring is 1. The molecule has 0 fully saturated rings. The number of hydrogen-bond acceptors (Lipinski definition) is 7. The quantitative estimate of drug-likeness (QED) is 0.684. The highest BCUT2D eigenvalue weighted by atomic mass is 16.4. The summed E-state index contributed by atoms with van der Waals surface area (Å²) in [5.41, 5.74) is 7.95.